The Morgan fingerprint density at radius 3 is 1.94 bits per heavy atom. The summed E-state index contributed by atoms with van der Waals surface area (Å²) in [5.74, 6) is -2.25. The van der Waals surface area contributed by atoms with Gasteiger partial charge in [-0.2, -0.15) is 4.31 Å². The first-order valence-electron chi connectivity index (χ1n) is 5.66. The van der Waals surface area contributed by atoms with E-state index in [1.807, 2.05) is 0 Å². The molecule has 18 heavy (non-hydrogen) atoms. The van der Waals surface area contributed by atoms with Crippen molar-refractivity contribution in [2.75, 3.05) is 32.1 Å². The zero-order chi connectivity index (χ0) is 14.2. The van der Waals surface area contributed by atoms with Crippen LogP contribution in [0.25, 0.3) is 0 Å². The van der Waals surface area contributed by atoms with E-state index in [4.69, 9.17) is 0 Å². The molecule has 8 heteroatoms. The van der Waals surface area contributed by atoms with Crippen LogP contribution < -0.4 is 0 Å². The van der Waals surface area contributed by atoms with Crippen molar-refractivity contribution in [3.63, 3.8) is 0 Å². The molecule has 0 saturated heterocycles. The Hall–Kier alpha value is -1.15. The Bertz CT molecular complexity index is 378. The maximum atomic E-state index is 11.8. The predicted molar refractivity (Wildman–Crippen MR) is 64.3 cm³/mol. The molecule has 0 aliphatic rings. The van der Waals surface area contributed by atoms with Gasteiger partial charge >= 0.3 is 11.9 Å². The maximum Gasteiger partial charge on any atom is 0.322 e. The highest BCUT2D eigenvalue weighted by atomic mass is 32.2. The molecule has 0 aliphatic heterocycles. The number of sulfonamides is 1. The summed E-state index contributed by atoms with van der Waals surface area (Å²) in [5, 5.41) is 0. The third kappa shape index (κ3) is 5.97. The van der Waals surface area contributed by atoms with E-state index in [0.29, 0.717) is 0 Å². The van der Waals surface area contributed by atoms with Crippen LogP contribution in [0.15, 0.2) is 0 Å². The Labute approximate surface area is 107 Å². The molecule has 106 valence electrons. The van der Waals surface area contributed by atoms with Crippen LogP contribution in [0.5, 0.6) is 0 Å². The second-order valence-corrected chi connectivity index (χ2v) is 5.26. The summed E-state index contributed by atoms with van der Waals surface area (Å²) < 4.78 is 33.7. The van der Waals surface area contributed by atoms with Crippen LogP contribution in [0.2, 0.25) is 0 Å². The van der Waals surface area contributed by atoms with Crippen molar-refractivity contribution >= 4 is 22.0 Å². The van der Waals surface area contributed by atoms with Crippen LogP contribution in [-0.2, 0) is 29.1 Å². The number of carbonyl (C=O) groups excluding carboxylic acids is 2. The first-order valence-corrected chi connectivity index (χ1v) is 7.27. The van der Waals surface area contributed by atoms with E-state index in [1.54, 1.807) is 20.8 Å². The van der Waals surface area contributed by atoms with Crippen LogP contribution >= 0.6 is 0 Å². The maximum absolute atomic E-state index is 11.8. The molecule has 0 fully saturated rings. The summed E-state index contributed by atoms with van der Waals surface area (Å²) >= 11 is 0. The lowest BCUT2D eigenvalue weighted by Crippen LogP contribution is -2.39. The van der Waals surface area contributed by atoms with Gasteiger partial charge in [0.2, 0.25) is 10.0 Å². The zero-order valence-electron chi connectivity index (χ0n) is 10.8. The van der Waals surface area contributed by atoms with Crippen LogP contribution in [0, 0.1) is 0 Å². The lowest BCUT2D eigenvalue weighted by Gasteiger charge is -2.18. The van der Waals surface area contributed by atoms with Crippen LogP contribution in [0.1, 0.15) is 20.8 Å². The van der Waals surface area contributed by atoms with Gasteiger partial charge in [0.1, 0.15) is 6.54 Å². The molecule has 0 unspecified atom stereocenters. The quantitative estimate of drug-likeness (QED) is 0.571. The third-order valence-electron chi connectivity index (χ3n) is 1.96. The van der Waals surface area contributed by atoms with Gasteiger partial charge in [-0.1, -0.05) is 6.92 Å². The number of esters is 2. The van der Waals surface area contributed by atoms with E-state index in [9.17, 15) is 18.0 Å². The highest BCUT2D eigenvalue weighted by Gasteiger charge is 2.27. The highest BCUT2D eigenvalue weighted by molar-refractivity contribution is 7.89. The molecule has 0 atom stereocenters. The molecule has 0 aromatic carbocycles. The number of hydrogen-bond acceptors (Lipinski definition) is 6. The minimum Gasteiger partial charge on any atom is -0.465 e. The van der Waals surface area contributed by atoms with Gasteiger partial charge in [0, 0.05) is 6.54 Å². The van der Waals surface area contributed by atoms with E-state index in [1.165, 1.54) is 0 Å². The summed E-state index contributed by atoms with van der Waals surface area (Å²) in [7, 11) is -3.85. The smallest absolute Gasteiger partial charge is 0.322 e. The summed E-state index contributed by atoms with van der Waals surface area (Å²) in [6.45, 7) is 4.75. The molecule has 0 N–H and O–H groups in total. The van der Waals surface area contributed by atoms with Gasteiger partial charge < -0.3 is 9.47 Å². The molecule has 7 nitrogen and oxygen atoms in total. The van der Waals surface area contributed by atoms with Gasteiger partial charge in [-0.3, -0.25) is 9.59 Å². The van der Waals surface area contributed by atoms with Crippen molar-refractivity contribution in [2.24, 2.45) is 0 Å². The lowest BCUT2D eigenvalue weighted by molar-refractivity contribution is -0.143. The minimum absolute atomic E-state index is 0.0839. The van der Waals surface area contributed by atoms with E-state index >= 15 is 0 Å². The molecule has 0 aromatic heterocycles. The number of ether oxygens (including phenoxy) is 2. The third-order valence-corrected chi connectivity index (χ3v) is 3.74. The fourth-order valence-electron chi connectivity index (χ4n) is 1.20. The highest BCUT2D eigenvalue weighted by Crippen LogP contribution is 2.03. The van der Waals surface area contributed by atoms with Gasteiger partial charge in [0.15, 0.2) is 5.75 Å². The minimum atomic E-state index is -3.85. The topological polar surface area (TPSA) is 90.0 Å². The Morgan fingerprint density at radius 2 is 1.50 bits per heavy atom. The average molecular weight is 281 g/mol. The number of nitrogens with zero attached hydrogens (tertiary/aromatic N) is 1. The molecule has 0 rings (SSSR count). The molecular weight excluding hydrogens is 262 g/mol. The van der Waals surface area contributed by atoms with Crippen LogP contribution in [0.3, 0.4) is 0 Å². The fraction of sp³-hybridized carbons (Fsp3) is 0.800. The molecule has 0 aromatic rings. The first-order chi connectivity index (χ1) is 8.37. The number of likely N-dealkylation sites (N-methyl/N-ethyl adjacent to an activating group) is 1. The van der Waals surface area contributed by atoms with Crippen molar-refractivity contribution in [1.29, 1.82) is 0 Å². The van der Waals surface area contributed by atoms with Gasteiger partial charge in [-0.05, 0) is 13.8 Å². The summed E-state index contributed by atoms with van der Waals surface area (Å²) in [5.41, 5.74) is 0. The standard InChI is InChI=1S/C10H19NO6S/c1-4-11(7-9(12)16-5-2)18(14,15)8-10(13)17-6-3/h4-8H2,1-3H3. The number of rotatable bonds is 8. The van der Waals surface area contributed by atoms with Gasteiger partial charge in [-0.15, -0.1) is 0 Å². The SMILES string of the molecule is CCOC(=O)CN(CC)S(=O)(=O)CC(=O)OCC. The number of hydrogen-bond donors (Lipinski definition) is 0. The largest absolute Gasteiger partial charge is 0.465 e. The van der Waals surface area contributed by atoms with Crippen molar-refractivity contribution in [2.45, 2.75) is 20.8 Å². The molecule has 0 heterocycles. The average Bonchev–Trinajstić information content (AvgIpc) is 2.25. The fourth-order valence-corrected chi connectivity index (χ4v) is 2.46. The van der Waals surface area contributed by atoms with E-state index < -0.39 is 34.3 Å². The van der Waals surface area contributed by atoms with Gasteiger partial charge in [-0.25, -0.2) is 8.42 Å². The second kappa shape index (κ2) is 8.04. The lowest BCUT2D eigenvalue weighted by atomic mass is 10.6. The molecule has 0 aliphatic carbocycles. The Morgan fingerprint density at radius 1 is 1.00 bits per heavy atom. The molecule has 0 amide bonds. The monoisotopic (exact) mass is 281 g/mol. The summed E-state index contributed by atoms with van der Waals surface area (Å²) in [6.07, 6.45) is 0. The molecule has 0 spiro atoms. The predicted octanol–water partition coefficient (Wildman–Crippen LogP) is -0.236. The molecule has 0 radical (unpaired) electrons. The van der Waals surface area contributed by atoms with Gasteiger partial charge in [0.25, 0.3) is 0 Å². The van der Waals surface area contributed by atoms with Gasteiger partial charge in [0.05, 0.1) is 13.2 Å². The summed E-state index contributed by atoms with van der Waals surface area (Å²) in [6, 6.07) is 0. The van der Waals surface area contributed by atoms with E-state index in [-0.39, 0.29) is 19.8 Å². The van der Waals surface area contributed by atoms with Crippen molar-refractivity contribution < 1.29 is 27.5 Å². The summed E-state index contributed by atoms with van der Waals surface area (Å²) in [4.78, 5) is 22.4. The molecule has 0 saturated carbocycles. The van der Waals surface area contributed by atoms with Crippen LogP contribution in [-0.4, -0.2) is 56.7 Å². The normalized spacial score (nSPS) is 11.3. The molecular formula is C10H19NO6S. The molecule has 0 bridgehead atoms. The van der Waals surface area contributed by atoms with Crippen molar-refractivity contribution in [3.05, 3.63) is 0 Å². The Balaban J connectivity index is 4.62. The first kappa shape index (κ1) is 16.9. The van der Waals surface area contributed by atoms with Crippen molar-refractivity contribution in [3.8, 4) is 0 Å². The van der Waals surface area contributed by atoms with E-state index in [2.05, 4.69) is 9.47 Å². The van der Waals surface area contributed by atoms with E-state index in [0.717, 1.165) is 4.31 Å². The second-order valence-electron chi connectivity index (χ2n) is 3.29. The number of carbonyl (C=O) groups is 2. The zero-order valence-corrected chi connectivity index (χ0v) is 11.7. The Kier molecular flexibility index (Phi) is 7.53. The van der Waals surface area contributed by atoms with Crippen molar-refractivity contribution in [1.82, 2.24) is 4.31 Å². The van der Waals surface area contributed by atoms with Crippen LogP contribution in [0.4, 0.5) is 0 Å².